The van der Waals surface area contributed by atoms with Crippen LogP contribution in [0.5, 0.6) is 0 Å². The monoisotopic (exact) mass is 371 g/mol. The maximum atomic E-state index is 12.1. The third-order valence-electron chi connectivity index (χ3n) is 4.26. The number of esters is 1. The van der Waals surface area contributed by atoms with Crippen LogP contribution in [0, 0.1) is 0 Å². The molecule has 3 aromatic carbocycles. The second-order valence-electron chi connectivity index (χ2n) is 6.20. The molecular weight excluding hydrogens is 354 g/mol. The van der Waals surface area contributed by atoms with E-state index in [1.165, 1.54) is 0 Å². The molecule has 0 aliphatic heterocycles. The number of amides is 1. The largest absolute Gasteiger partial charge is 0.452 e. The lowest BCUT2D eigenvalue weighted by Crippen LogP contribution is -2.20. The molecule has 28 heavy (non-hydrogen) atoms. The number of carbonyl (C=O) groups excluding carboxylic acids is 2. The van der Waals surface area contributed by atoms with Crippen molar-refractivity contribution in [1.82, 2.24) is 9.97 Å². The second-order valence-corrected chi connectivity index (χ2v) is 6.20. The number of hydrogen-bond acceptors (Lipinski definition) is 4. The fourth-order valence-corrected chi connectivity index (χ4v) is 2.87. The van der Waals surface area contributed by atoms with E-state index in [0.717, 1.165) is 22.2 Å². The van der Waals surface area contributed by atoms with Gasteiger partial charge in [0.2, 0.25) is 0 Å². The van der Waals surface area contributed by atoms with Gasteiger partial charge in [-0.2, -0.15) is 0 Å². The number of aromatic amines is 1. The molecule has 1 amide bonds. The van der Waals surface area contributed by atoms with E-state index in [9.17, 15) is 9.59 Å². The predicted molar refractivity (Wildman–Crippen MR) is 107 cm³/mol. The summed E-state index contributed by atoms with van der Waals surface area (Å²) in [6.07, 6.45) is 3.39. The molecule has 0 bridgehead atoms. The van der Waals surface area contributed by atoms with E-state index in [4.69, 9.17) is 4.74 Å². The molecule has 0 spiro atoms. The molecule has 0 saturated carbocycles. The Bertz CT molecular complexity index is 1120. The first-order valence-electron chi connectivity index (χ1n) is 8.75. The fraction of sp³-hybridized carbons (Fsp3) is 0.0455. The Kier molecular flexibility index (Phi) is 4.84. The van der Waals surface area contributed by atoms with Crippen LogP contribution in [0.15, 0.2) is 79.1 Å². The first kappa shape index (κ1) is 17.5. The molecule has 0 aliphatic rings. The van der Waals surface area contributed by atoms with Crippen LogP contribution in [0.25, 0.3) is 22.2 Å². The molecule has 0 fully saturated rings. The molecule has 0 aliphatic carbocycles. The number of ether oxygens (including phenoxy) is 1. The second kappa shape index (κ2) is 7.75. The van der Waals surface area contributed by atoms with E-state index >= 15 is 0 Å². The van der Waals surface area contributed by atoms with Gasteiger partial charge in [0, 0.05) is 23.6 Å². The summed E-state index contributed by atoms with van der Waals surface area (Å²) in [6, 6.07) is 20.3. The van der Waals surface area contributed by atoms with Crippen molar-refractivity contribution in [3.8, 4) is 11.4 Å². The fourth-order valence-electron chi connectivity index (χ4n) is 2.87. The Hall–Kier alpha value is -3.93. The SMILES string of the molecule is O=C(COC(=O)c1ccc(-c2ncc[nH]2)cc1)Nc1ccc2ccccc2c1. The van der Waals surface area contributed by atoms with Gasteiger partial charge >= 0.3 is 5.97 Å². The average molecular weight is 371 g/mol. The molecule has 1 heterocycles. The summed E-state index contributed by atoms with van der Waals surface area (Å²) in [5.74, 6) is -0.231. The lowest BCUT2D eigenvalue weighted by atomic mass is 10.1. The molecule has 4 aromatic rings. The molecule has 0 atom stereocenters. The summed E-state index contributed by atoms with van der Waals surface area (Å²) >= 11 is 0. The number of nitrogens with zero attached hydrogens (tertiary/aromatic N) is 1. The van der Waals surface area contributed by atoms with E-state index in [1.807, 2.05) is 42.5 Å². The number of rotatable bonds is 5. The van der Waals surface area contributed by atoms with E-state index in [0.29, 0.717) is 11.3 Å². The zero-order valence-corrected chi connectivity index (χ0v) is 14.9. The minimum Gasteiger partial charge on any atom is -0.452 e. The van der Waals surface area contributed by atoms with Crippen LogP contribution in [0.2, 0.25) is 0 Å². The highest BCUT2D eigenvalue weighted by Crippen LogP contribution is 2.19. The van der Waals surface area contributed by atoms with Crippen molar-refractivity contribution in [3.63, 3.8) is 0 Å². The van der Waals surface area contributed by atoms with Gasteiger partial charge in [-0.3, -0.25) is 4.79 Å². The van der Waals surface area contributed by atoms with Gasteiger partial charge in [0.25, 0.3) is 5.91 Å². The van der Waals surface area contributed by atoms with E-state index in [2.05, 4.69) is 15.3 Å². The van der Waals surface area contributed by atoms with Gasteiger partial charge in [-0.05, 0) is 35.0 Å². The zero-order chi connectivity index (χ0) is 19.3. The van der Waals surface area contributed by atoms with Gasteiger partial charge in [0.15, 0.2) is 6.61 Å². The van der Waals surface area contributed by atoms with Crippen molar-refractivity contribution in [1.29, 1.82) is 0 Å². The average Bonchev–Trinajstić information content (AvgIpc) is 3.27. The predicted octanol–water partition coefficient (Wildman–Crippen LogP) is 4.03. The number of hydrogen-bond donors (Lipinski definition) is 2. The van der Waals surface area contributed by atoms with E-state index < -0.39 is 11.9 Å². The van der Waals surface area contributed by atoms with E-state index in [-0.39, 0.29) is 6.61 Å². The highest BCUT2D eigenvalue weighted by molar-refractivity contribution is 5.97. The van der Waals surface area contributed by atoms with Crippen molar-refractivity contribution in [2.24, 2.45) is 0 Å². The van der Waals surface area contributed by atoms with Crippen LogP contribution >= 0.6 is 0 Å². The molecule has 4 rings (SSSR count). The van der Waals surface area contributed by atoms with Crippen molar-refractivity contribution < 1.29 is 14.3 Å². The Morgan fingerprint density at radius 3 is 2.50 bits per heavy atom. The van der Waals surface area contributed by atoms with Gasteiger partial charge in [0.1, 0.15) is 5.82 Å². The Labute approximate surface area is 161 Å². The first-order chi connectivity index (χ1) is 13.7. The smallest absolute Gasteiger partial charge is 0.338 e. The summed E-state index contributed by atoms with van der Waals surface area (Å²) in [7, 11) is 0. The Morgan fingerprint density at radius 1 is 0.964 bits per heavy atom. The molecule has 0 unspecified atom stereocenters. The van der Waals surface area contributed by atoms with Crippen molar-refractivity contribution in [2.75, 3.05) is 11.9 Å². The van der Waals surface area contributed by atoms with Gasteiger partial charge in [0.05, 0.1) is 5.56 Å². The quantitative estimate of drug-likeness (QED) is 0.519. The normalized spacial score (nSPS) is 10.6. The molecule has 2 N–H and O–H groups in total. The van der Waals surface area contributed by atoms with Crippen molar-refractivity contribution in [3.05, 3.63) is 84.7 Å². The third kappa shape index (κ3) is 3.91. The minimum atomic E-state index is -0.556. The van der Waals surface area contributed by atoms with Crippen molar-refractivity contribution >= 4 is 28.3 Å². The Morgan fingerprint density at radius 2 is 1.75 bits per heavy atom. The summed E-state index contributed by atoms with van der Waals surface area (Å²) in [6.45, 7) is -0.356. The van der Waals surface area contributed by atoms with E-state index in [1.54, 1.807) is 36.7 Å². The number of H-pyrrole nitrogens is 1. The molecule has 6 nitrogen and oxygen atoms in total. The van der Waals surface area contributed by atoms with Gasteiger partial charge < -0.3 is 15.0 Å². The highest BCUT2D eigenvalue weighted by atomic mass is 16.5. The van der Waals surface area contributed by atoms with Crippen molar-refractivity contribution in [2.45, 2.75) is 0 Å². The van der Waals surface area contributed by atoms with Crippen LogP contribution < -0.4 is 5.32 Å². The Balaban J connectivity index is 1.34. The van der Waals surface area contributed by atoms with Crippen LogP contribution in [0.1, 0.15) is 10.4 Å². The summed E-state index contributed by atoms with van der Waals surface area (Å²) in [5, 5.41) is 4.85. The summed E-state index contributed by atoms with van der Waals surface area (Å²) < 4.78 is 5.11. The molecule has 6 heteroatoms. The lowest BCUT2D eigenvalue weighted by Gasteiger charge is -2.08. The number of aromatic nitrogens is 2. The van der Waals surface area contributed by atoms with Crippen LogP contribution in [-0.4, -0.2) is 28.5 Å². The third-order valence-corrected chi connectivity index (χ3v) is 4.26. The summed E-state index contributed by atoms with van der Waals surface area (Å²) in [5.41, 5.74) is 1.88. The number of nitrogens with one attached hydrogen (secondary N) is 2. The topological polar surface area (TPSA) is 84.1 Å². The molecular formula is C22H17N3O3. The van der Waals surface area contributed by atoms with Crippen LogP contribution in [0.4, 0.5) is 5.69 Å². The number of carbonyl (C=O) groups is 2. The minimum absolute atomic E-state index is 0.356. The van der Waals surface area contributed by atoms with Gasteiger partial charge in [-0.15, -0.1) is 0 Å². The zero-order valence-electron chi connectivity index (χ0n) is 14.9. The number of benzene rings is 3. The molecule has 0 radical (unpaired) electrons. The first-order valence-corrected chi connectivity index (χ1v) is 8.75. The lowest BCUT2D eigenvalue weighted by molar-refractivity contribution is -0.119. The highest BCUT2D eigenvalue weighted by Gasteiger charge is 2.11. The maximum absolute atomic E-state index is 12.1. The number of imidazole rings is 1. The van der Waals surface area contributed by atoms with Gasteiger partial charge in [-0.25, -0.2) is 9.78 Å². The maximum Gasteiger partial charge on any atom is 0.338 e. The van der Waals surface area contributed by atoms with Gasteiger partial charge in [-0.1, -0.05) is 42.5 Å². The molecule has 1 aromatic heterocycles. The van der Waals surface area contributed by atoms with Crippen LogP contribution in [0.3, 0.4) is 0 Å². The standard InChI is InChI=1S/C22H17N3O3/c26-20(25-19-10-9-15-3-1-2-4-18(15)13-19)14-28-22(27)17-7-5-16(6-8-17)21-23-11-12-24-21/h1-13H,14H2,(H,23,24)(H,25,26). The van der Waals surface area contributed by atoms with Crippen LogP contribution in [-0.2, 0) is 9.53 Å². The number of anilines is 1. The molecule has 0 saturated heterocycles. The summed E-state index contributed by atoms with van der Waals surface area (Å²) in [4.78, 5) is 31.4. The number of fused-ring (bicyclic) bond motifs is 1. The molecule has 138 valence electrons.